The highest BCUT2D eigenvalue weighted by molar-refractivity contribution is 9.10. The standard InChI is InChI=1S/C12H15BrFNO2/c1-6(2)11(12(16)17)15-10-5-9(14)8(13)4-7(10)3/h4-6,11,15H,1-3H3,(H,16,17). The summed E-state index contributed by atoms with van der Waals surface area (Å²) < 4.78 is 13.7. The number of aliphatic carboxylic acids is 1. The zero-order chi connectivity index (χ0) is 13.2. The maximum atomic E-state index is 13.4. The fraction of sp³-hybridized carbons (Fsp3) is 0.417. The molecule has 0 aliphatic carbocycles. The SMILES string of the molecule is Cc1cc(Br)c(F)cc1NC(C(=O)O)C(C)C. The lowest BCUT2D eigenvalue weighted by Gasteiger charge is -2.20. The summed E-state index contributed by atoms with van der Waals surface area (Å²) in [5.41, 5.74) is 1.30. The normalized spacial score (nSPS) is 12.6. The van der Waals surface area contributed by atoms with E-state index in [1.807, 2.05) is 0 Å². The number of anilines is 1. The number of halogens is 2. The Morgan fingerprint density at radius 3 is 2.53 bits per heavy atom. The molecule has 1 rings (SSSR count). The van der Waals surface area contributed by atoms with Crippen LogP contribution in [0.1, 0.15) is 19.4 Å². The van der Waals surface area contributed by atoms with Gasteiger partial charge in [0.05, 0.1) is 4.47 Å². The molecule has 0 aliphatic heterocycles. The van der Waals surface area contributed by atoms with Crippen molar-refractivity contribution in [3.63, 3.8) is 0 Å². The van der Waals surface area contributed by atoms with E-state index in [0.717, 1.165) is 5.56 Å². The molecule has 0 fully saturated rings. The van der Waals surface area contributed by atoms with Crippen LogP contribution >= 0.6 is 15.9 Å². The van der Waals surface area contributed by atoms with Gasteiger partial charge < -0.3 is 10.4 Å². The van der Waals surface area contributed by atoms with Crippen molar-refractivity contribution in [1.82, 2.24) is 0 Å². The molecule has 3 nitrogen and oxygen atoms in total. The number of benzene rings is 1. The van der Waals surface area contributed by atoms with E-state index in [1.165, 1.54) is 6.07 Å². The molecule has 2 N–H and O–H groups in total. The van der Waals surface area contributed by atoms with Crippen molar-refractivity contribution in [2.45, 2.75) is 26.8 Å². The van der Waals surface area contributed by atoms with E-state index < -0.39 is 17.8 Å². The van der Waals surface area contributed by atoms with Crippen LogP contribution < -0.4 is 5.32 Å². The molecule has 0 amide bonds. The highest BCUT2D eigenvalue weighted by atomic mass is 79.9. The number of carbonyl (C=O) groups is 1. The summed E-state index contributed by atoms with van der Waals surface area (Å²) in [7, 11) is 0. The third kappa shape index (κ3) is 3.43. The van der Waals surface area contributed by atoms with Gasteiger partial charge in [0.2, 0.25) is 0 Å². The summed E-state index contributed by atoms with van der Waals surface area (Å²) in [5, 5.41) is 11.9. The summed E-state index contributed by atoms with van der Waals surface area (Å²) in [6.45, 7) is 5.40. The van der Waals surface area contributed by atoms with Gasteiger partial charge in [-0.05, 0) is 46.5 Å². The fourth-order valence-corrected chi connectivity index (χ4v) is 1.94. The third-order valence-electron chi connectivity index (χ3n) is 2.51. The molecule has 0 spiro atoms. The quantitative estimate of drug-likeness (QED) is 0.896. The van der Waals surface area contributed by atoms with Crippen molar-refractivity contribution in [1.29, 1.82) is 0 Å². The van der Waals surface area contributed by atoms with E-state index in [-0.39, 0.29) is 5.92 Å². The number of aryl methyl sites for hydroxylation is 1. The highest BCUT2D eigenvalue weighted by Crippen LogP contribution is 2.25. The lowest BCUT2D eigenvalue weighted by Crippen LogP contribution is -2.34. The zero-order valence-electron chi connectivity index (χ0n) is 9.92. The van der Waals surface area contributed by atoms with Crippen LogP contribution in [-0.4, -0.2) is 17.1 Å². The first-order chi connectivity index (χ1) is 7.82. The minimum atomic E-state index is -0.942. The van der Waals surface area contributed by atoms with Gasteiger partial charge in [-0.15, -0.1) is 0 Å². The van der Waals surface area contributed by atoms with Gasteiger partial charge in [0.25, 0.3) is 0 Å². The van der Waals surface area contributed by atoms with Gasteiger partial charge in [0.15, 0.2) is 0 Å². The van der Waals surface area contributed by atoms with E-state index in [2.05, 4.69) is 21.2 Å². The molecule has 1 aromatic carbocycles. The minimum absolute atomic E-state index is 0.0846. The number of hydrogen-bond acceptors (Lipinski definition) is 2. The Morgan fingerprint density at radius 2 is 2.06 bits per heavy atom. The van der Waals surface area contributed by atoms with Crippen molar-refractivity contribution in [2.24, 2.45) is 5.92 Å². The van der Waals surface area contributed by atoms with Crippen LogP contribution in [0, 0.1) is 18.7 Å². The van der Waals surface area contributed by atoms with E-state index in [9.17, 15) is 9.18 Å². The van der Waals surface area contributed by atoms with E-state index in [0.29, 0.717) is 10.2 Å². The maximum absolute atomic E-state index is 13.4. The maximum Gasteiger partial charge on any atom is 0.326 e. The molecule has 0 aliphatic rings. The Balaban J connectivity index is 3.01. The molecule has 5 heteroatoms. The Labute approximate surface area is 108 Å². The summed E-state index contributed by atoms with van der Waals surface area (Å²) in [6, 6.07) is 2.20. The molecular formula is C12H15BrFNO2. The van der Waals surface area contributed by atoms with Gasteiger partial charge >= 0.3 is 5.97 Å². The number of rotatable bonds is 4. The van der Waals surface area contributed by atoms with Crippen LogP contribution in [0.3, 0.4) is 0 Å². The predicted molar refractivity (Wildman–Crippen MR) is 68.7 cm³/mol. The molecule has 17 heavy (non-hydrogen) atoms. The van der Waals surface area contributed by atoms with E-state index in [4.69, 9.17) is 5.11 Å². The van der Waals surface area contributed by atoms with Gasteiger partial charge in [-0.1, -0.05) is 13.8 Å². The number of carboxylic acids is 1. The molecule has 0 heterocycles. The van der Waals surface area contributed by atoms with Crippen LogP contribution in [0.25, 0.3) is 0 Å². The molecular weight excluding hydrogens is 289 g/mol. The summed E-state index contributed by atoms with van der Waals surface area (Å²) in [6.07, 6.45) is 0. The monoisotopic (exact) mass is 303 g/mol. The molecule has 0 radical (unpaired) electrons. The fourth-order valence-electron chi connectivity index (χ4n) is 1.48. The molecule has 1 aromatic rings. The Morgan fingerprint density at radius 1 is 1.47 bits per heavy atom. The summed E-state index contributed by atoms with van der Waals surface area (Å²) in [4.78, 5) is 11.0. The largest absolute Gasteiger partial charge is 0.480 e. The second kappa shape index (κ2) is 5.49. The molecule has 0 bridgehead atoms. The predicted octanol–water partition coefficient (Wildman–Crippen LogP) is 3.42. The van der Waals surface area contributed by atoms with Gasteiger partial charge in [-0.2, -0.15) is 0 Å². The Bertz CT molecular complexity index is 435. The first kappa shape index (κ1) is 14.0. The molecule has 1 unspecified atom stereocenters. The second-order valence-electron chi connectivity index (χ2n) is 4.29. The van der Waals surface area contributed by atoms with Crippen LogP contribution in [0.15, 0.2) is 16.6 Å². The summed E-state index contributed by atoms with van der Waals surface area (Å²) >= 11 is 3.09. The molecule has 94 valence electrons. The molecule has 0 saturated heterocycles. The average Bonchev–Trinajstić information content (AvgIpc) is 2.20. The van der Waals surface area contributed by atoms with Crippen LogP contribution in [0.4, 0.5) is 10.1 Å². The Hall–Kier alpha value is -1.10. The smallest absolute Gasteiger partial charge is 0.326 e. The van der Waals surface area contributed by atoms with Crippen molar-refractivity contribution in [3.05, 3.63) is 28.0 Å². The lowest BCUT2D eigenvalue weighted by atomic mass is 10.0. The van der Waals surface area contributed by atoms with Crippen LogP contribution in [-0.2, 0) is 4.79 Å². The molecule has 1 atom stereocenters. The first-order valence-corrected chi connectivity index (χ1v) is 6.07. The minimum Gasteiger partial charge on any atom is -0.480 e. The number of carboxylic acid groups (broad SMARTS) is 1. The third-order valence-corrected chi connectivity index (χ3v) is 3.12. The molecule has 0 saturated carbocycles. The summed E-state index contributed by atoms with van der Waals surface area (Å²) in [5.74, 6) is -1.44. The van der Waals surface area contributed by atoms with Crippen molar-refractivity contribution in [3.8, 4) is 0 Å². The van der Waals surface area contributed by atoms with Crippen molar-refractivity contribution < 1.29 is 14.3 Å². The average molecular weight is 304 g/mol. The zero-order valence-corrected chi connectivity index (χ0v) is 11.5. The topological polar surface area (TPSA) is 49.3 Å². The van der Waals surface area contributed by atoms with Gasteiger partial charge in [-0.25, -0.2) is 9.18 Å². The Kier molecular flexibility index (Phi) is 4.51. The van der Waals surface area contributed by atoms with Crippen LogP contribution in [0.2, 0.25) is 0 Å². The highest BCUT2D eigenvalue weighted by Gasteiger charge is 2.22. The van der Waals surface area contributed by atoms with Crippen molar-refractivity contribution >= 4 is 27.6 Å². The van der Waals surface area contributed by atoms with E-state index in [1.54, 1.807) is 26.8 Å². The van der Waals surface area contributed by atoms with Crippen LogP contribution in [0.5, 0.6) is 0 Å². The number of hydrogen-bond donors (Lipinski definition) is 2. The molecule has 0 aromatic heterocycles. The van der Waals surface area contributed by atoms with E-state index >= 15 is 0 Å². The second-order valence-corrected chi connectivity index (χ2v) is 5.14. The van der Waals surface area contributed by atoms with Gasteiger partial charge in [0.1, 0.15) is 11.9 Å². The number of nitrogens with one attached hydrogen (secondary N) is 1. The lowest BCUT2D eigenvalue weighted by molar-refractivity contribution is -0.138. The van der Waals surface area contributed by atoms with Crippen molar-refractivity contribution in [2.75, 3.05) is 5.32 Å². The van der Waals surface area contributed by atoms with Gasteiger partial charge in [0, 0.05) is 5.69 Å². The first-order valence-electron chi connectivity index (χ1n) is 5.28. The van der Waals surface area contributed by atoms with Gasteiger partial charge in [-0.3, -0.25) is 0 Å².